The number of carbonyl (C=O) groups is 1. The summed E-state index contributed by atoms with van der Waals surface area (Å²) in [5.41, 5.74) is 0.843. The first-order valence-corrected chi connectivity index (χ1v) is 9.28. The van der Waals surface area contributed by atoms with Crippen molar-refractivity contribution in [3.63, 3.8) is 0 Å². The molecule has 2 aromatic carbocycles. The second-order valence-electron chi connectivity index (χ2n) is 5.24. The summed E-state index contributed by atoms with van der Waals surface area (Å²) < 4.78 is 10.6. The molecule has 0 aliphatic carbocycles. The van der Waals surface area contributed by atoms with Crippen LogP contribution in [0, 0.1) is 0 Å². The van der Waals surface area contributed by atoms with Crippen LogP contribution in [0.2, 0.25) is 10.0 Å². The molecule has 0 aliphatic rings. The van der Waals surface area contributed by atoms with Crippen molar-refractivity contribution in [2.75, 3.05) is 20.0 Å². The number of methoxy groups -OCH3 is 2. The first-order chi connectivity index (χ1) is 12.0. The minimum atomic E-state index is -0.236. The van der Waals surface area contributed by atoms with Crippen molar-refractivity contribution in [1.82, 2.24) is 5.32 Å². The third-order valence-corrected chi connectivity index (χ3v) is 5.54. The third-order valence-electron chi connectivity index (χ3n) is 3.55. The quantitative estimate of drug-likeness (QED) is 0.666. The van der Waals surface area contributed by atoms with Gasteiger partial charge < -0.3 is 14.8 Å². The van der Waals surface area contributed by atoms with Gasteiger partial charge in [-0.05, 0) is 37.3 Å². The summed E-state index contributed by atoms with van der Waals surface area (Å²) in [5, 5.41) is 4.02. The number of thioether (sulfide) groups is 1. The van der Waals surface area contributed by atoms with Gasteiger partial charge in [0.2, 0.25) is 5.91 Å². The van der Waals surface area contributed by atoms with E-state index >= 15 is 0 Å². The molecule has 0 radical (unpaired) electrons. The van der Waals surface area contributed by atoms with E-state index in [9.17, 15) is 4.79 Å². The fraction of sp³-hybridized carbons (Fsp3) is 0.278. The molecule has 134 valence electrons. The van der Waals surface area contributed by atoms with Crippen LogP contribution in [0.1, 0.15) is 18.5 Å². The SMILES string of the molecule is COc1ccc(OC)c([C@H](C)NC(=O)CSc2c(Cl)cccc2Cl)c1. The standard InChI is InChI=1S/C18H19Cl2NO3S/c1-11(13-9-12(23-2)7-8-16(13)24-3)21-17(22)10-25-18-14(19)5-4-6-15(18)20/h4-9,11H,10H2,1-3H3,(H,21,22)/t11-/m0/s1. The van der Waals surface area contributed by atoms with Crippen molar-refractivity contribution < 1.29 is 14.3 Å². The maximum atomic E-state index is 12.3. The first-order valence-electron chi connectivity index (χ1n) is 7.54. The van der Waals surface area contributed by atoms with E-state index in [-0.39, 0.29) is 17.7 Å². The monoisotopic (exact) mass is 399 g/mol. The average Bonchev–Trinajstić information content (AvgIpc) is 2.60. The molecule has 0 saturated heterocycles. The number of hydrogen-bond acceptors (Lipinski definition) is 4. The van der Waals surface area contributed by atoms with E-state index in [2.05, 4.69) is 5.32 Å². The average molecular weight is 400 g/mol. The molecule has 0 fully saturated rings. The zero-order chi connectivity index (χ0) is 18.4. The molecule has 25 heavy (non-hydrogen) atoms. The highest BCUT2D eigenvalue weighted by atomic mass is 35.5. The Labute approximate surface area is 161 Å². The van der Waals surface area contributed by atoms with Gasteiger partial charge in [-0.25, -0.2) is 0 Å². The van der Waals surface area contributed by atoms with Gasteiger partial charge in [0.1, 0.15) is 11.5 Å². The van der Waals surface area contributed by atoms with Crippen molar-refractivity contribution in [2.24, 2.45) is 0 Å². The molecular weight excluding hydrogens is 381 g/mol. The summed E-state index contributed by atoms with van der Waals surface area (Å²) >= 11 is 13.5. The molecule has 1 atom stereocenters. The number of rotatable bonds is 7. The van der Waals surface area contributed by atoms with Gasteiger partial charge in [0.05, 0.1) is 36.1 Å². The van der Waals surface area contributed by atoms with Gasteiger partial charge in [-0.3, -0.25) is 4.79 Å². The number of nitrogens with one attached hydrogen (secondary N) is 1. The van der Waals surface area contributed by atoms with Crippen LogP contribution in [0.25, 0.3) is 0 Å². The van der Waals surface area contributed by atoms with E-state index in [0.29, 0.717) is 26.4 Å². The summed E-state index contributed by atoms with van der Waals surface area (Å²) in [6.07, 6.45) is 0. The lowest BCUT2D eigenvalue weighted by atomic mass is 10.1. The highest BCUT2D eigenvalue weighted by Gasteiger charge is 2.16. The molecule has 1 N–H and O–H groups in total. The molecule has 1 amide bonds. The predicted octanol–water partition coefficient (Wildman–Crippen LogP) is 4.98. The van der Waals surface area contributed by atoms with E-state index in [1.54, 1.807) is 32.4 Å². The molecule has 0 aromatic heterocycles. The molecule has 2 rings (SSSR count). The van der Waals surface area contributed by atoms with Crippen LogP contribution in [-0.2, 0) is 4.79 Å². The topological polar surface area (TPSA) is 47.6 Å². The Bertz CT molecular complexity index is 735. The highest BCUT2D eigenvalue weighted by molar-refractivity contribution is 8.00. The molecule has 0 unspecified atom stereocenters. The molecule has 7 heteroatoms. The Morgan fingerprint density at radius 1 is 1.16 bits per heavy atom. The van der Waals surface area contributed by atoms with Crippen molar-refractivity contribution in [1.29, 1.82) is 0 Å². The lowest BCUT2D eigenvalue weighted by molar-refractivity contribution is -0.119. The molecule has 0 aliphatic heterocycles. The van der Waals surface area contributed by atoms with Gasteiger partial charge in [-0.1, -0.05) is 29.3 Å². The van der Waals surface area contributed by atoms with Crippen LogP contribution >= 0.6 is 35.0 Å². The maximum absolute atomic E-state index is 12.3. The van der Waals surface area contributed by atoms with Crippen LogP contribution in [0.15, 0.2) is 41.3 Å². The van der Waals surface area contributed by atoms with Crippen LogP contribution in [0.4, 0.5) is 0 Å². The van der Waals surface area contributed by atoms with Crippen LogP contribution < -0.4 is 14.8 Å². The first kappa shape index (κ1) is 19.8. The van der Waals surface area contributed by atoms with Gasteiger partial charge >= 0.3 is 0 Å². The summed E-state index contributed by atoms with van der Waals surface area (Å²) in [4.78, 5) is 13.0. The van der Waals surface area contributed by atoms with E-state index < -0.39 is 0 Å². The van der Waals surface area contributed by atoms with Crippen molar-refractivity contribution in [2.45, 2.75) is 17.9 Å². The fourth-order valence-electron chi connectivity index (χ4n) is 2.30. The highest BCUT2D eigenvalue weighted by Crippen LogP contribution is 2.34. The Balaban J connectivity index is 2.03. The molecule has 0 bridgehead atoms. The van der Waals surface area contributed by atoms with E-state index in [1.807, 2.05) is 25.1 Å². The summed E-state index contributed by atoms with van der Waals surface area (Å²) in [7, 11) is 3.19. The number of amides is 1. The van der Waals surface area contributed by atoms with Crippen LogP contribution in [-0.4, -0.2) is 25.9 Å². The second-order valence-corrected chi connectivity index (χ2v) is 7.04. The normalized spacial score (nSPS) is 11.7. The lowest BCUT2D eigenvalue weighted by Gasteiger charge is -2.18. The van der Waals surface area contributed by atoms with Gasteiger partial charge in [-0.2, -0.15) is 0 Å². The lowest BCUT2D eigenvalue weighted by Crippen LogP contribution is -2.28. The van der Waals surface area contributed by atoms with Crippen LogP contribution in [0.3, 0.4) is 0 Å². The Morgan fingerprint density at radius 2 is 1.84 bits per heavy atom. The number of ether oxygens (including phenoxy) is 2. The van der Waals surface area contributed by atoms with E-state index in [0.717, 1.165) is 5.56 Å². The minimum absolute atomic E-state index is 0.127. The van der Waals surface area contributed by atoms with E-state index in [1.165, 1.54) is 11.8 Å². The largest absolute Gasteiger partial charge is 0.497 e. The second kappa shape index (κ2) is 9.22. The minimum Gasteiger partial charge on any atom is -0.497 e. The predicted molar refractivity (Wildman–Crippen MR) is 103 cm³/mol. The Morgan fingerprint density at radius 3 is 2.44 bits per heavy atom. The Kier molecular flexibility index (Phi) is 7.29. The number of halogens is 2. The van der Waals surface area contributed by atoms with Crippen molar-refractivity contribution in [3.05, 3.63) is 52.0 Å². The fourth-order valence-corrected chi connectivity index (χ4v) is 3.79. The number of benzene rings is 2. The molecule has 0 saturated carbocycles. The molecule has 4 nitrogen and oxygen atoms in total. The van der Waals surface area contributed by atoms with Gasteiger partial charge in [-0.15, -0.1) is 11.8 Å². The summed E-state index contributed by atoms with van der Waals surface area (Å²) in [5.74, 6) is 1.47. The molecule has 0 spiro atoms. The van der Waals surface area contributed by atoms with Crippen LogP contribution in [0.5, 0.6) is 11.5 Å². The number of carbonyl (C=O) groups excluding carboxylic acids is 1. The maximum Gasteiger partial charge on any atom is 0.230 e. The smallest absolute Gasteiger partial charge is 0.230 e. The van der Waals surface area contributed by atoms with Crippen molar-refractivity contribution in [3.8, 4) is 11.5 Å². The molecular formula is C18H19Cl2NO3S. The zero-order valence-corrected chi connectivity index (χ0v) is 16.5. The van der Waals surface area contributed by atoms with E-state index in [4.69, 9.17) is 32.7 Å². The van der Waals surface area contributed by atoms with Gasteiger partial charge in [0, 0.05) is 10.5 Å². The zero-order valence-electron chi connectivity index (χ0n) is 14.1. The summed E-state index contributed by atoms with van der Waals surface area (Å²) in [6, 6.07) is 10.5. The Hall–Kier alpha value is -1.56. The van der Waals surface area contributed by atoms with Gasteiger partial charge in [0.25, 0.3) is 0 Å². The van der Waals surface area contributed by atoms with Gasteiger partial charge in [0.15, 0.2) is 0 Å². The third kappa shape index (κ3) is 5.21. The number of hydrogen-bond donors (Lipinski definition) is 1. The van der Waals surface area contributed by atoms with Crippen molar-refractivity contribution >= 4 is 40.9 Å². The molecule has 2 aromatic rings. The molecule has 0 heterocycles. The summed E-state index contributed by atoms with van der Waals surface area (Å²) in [6.45, 7) is 1.89.